The molecule has 2 aromatic rings. The smallest absolute Gasteiger partial charge is 0.257 e. The Kier molecular flexibility index (Phi) is 6.41. The zero-order valence-corrected chi connectivity index (χ0v) is 15.8. The molecule has 0 saturated heterocycles. The summed E-state index contributed by atoms with van der Waals surface area (Å²) in [5, 5.41) is 2.76. The van der Waals surface area contributed by atoms with Crippen LogP contribution in [0.4, 0.5) is 5.69 Å². The maximum atomic E-state index is 12.6. The number of carbonyl (C=O) groups excluding carboxylic acids is 2. The first kappa shape index (κ1) is 18.8. The van der Waals surface area contributed by atoms with Gasteiger partial charge in [0.15, 0.2) is 11.5 Å². The lowest BCUT2D eigenvalue weighted by Gasteiger charge is -2.19. The third kappa shape index (κ3) is 4.51. The van der Waals surface area contributed by atoms with Gasteiger partial charge in [0.1, 0.15) is 0 Å². The van der Waals surface area contributed by atoms with Crippen molar-refractivity contribution in [2.24, 2.45) is 0 Å². The first-order valence-corrected chi connectivity index (χ1v) is 8.28. The summed E-state index contributed by atoms with van der Waals surface area (Å²) in [5.41, 5.74) is 0.977. The number of likely N-dealkylation sites (N-methyl/N-ethyl adjacent to an activating group) is 1. The molecule has 2 aromatic carbocycles. The first-order chi connectivity index (χ1) is 12.0. The van der Waals surface area contributed by atoms with Crippen molar-refractivity contribution < 1.29 is 19.1 Å². The van der Waals surface area contributed by atoms with Crippen LogP contribution >= 0.6 is 15.9 Å². The van der Waals surface area contributed by atoms with E-state index in [2.05, 4.69) is 21.2 Å². The molecular formula is C18H19BrN2O4. The maximum absolute atomic E-state index is 12.6. The predicted molar refractivity (Wildman–Crippen MR) is 99.3 cm³/mol. The van der Waals surface area contributed by atoms with Gasteiger partial charge < -0.3 is 19.7 Å². The SMILES string of the molecule is COc1cccc(C(=O)N(C)CC(=O)Nc2ccccc2Br)c1OC. The summed E-state index contributed by atoms with van der Waals surface area (Å²) in [7, 11) is 4.52. The number of nitrogens with zero attached hydrogens (tertiary/aromatic N) is 1. The highest BCUT2D eigenvalue weighted by atomic mass is 79.9. The van der Waals surface area contributed by atoms with Crippen LogP contribution in [0.3, 0.4) is 0 Å². The van der Waals surface area contributed by atoms with E-state index in [9.17, 15) is 9.59 Å². The van der Waals surface area contributed by atoms with Gasteiger partial charge in [-0.1, -0.05) is 18.2 Å². The lowest BCUT2D eigenvalue weighted by Crippen LogP contribution is -2.35. The fourth-order valence-corrected chi connectivity index (χ4v) is 2.68. The third-order valence-corrected chi connectivity index (χ3v) is 4.20. The van der Waals surface area contributed by atoms with Gasteiger partial charge in [-0.2, -0.15) is 0 Å². The monoisotopic (exact) mass is 406 g/mol. The minimum atomic E-state index is -0.335. The molecule has 0 aliphatic heterocycles. The highest BCUT2D eigenvalue weighted by Gasteiger charge is 2.21. The quantitative estimate of drug-likeness (QED) is 0.799. The largest absolute Gasteiger partial charge is 0.493 e. The second-order valence-corrected chi connectivity index (χ2v) is 6.08. The van der Waals surface area contributed by atoms with Crippen LogP contribution in [0.1, 0.15) is 10.4 Å². The van der Waals surface area contributed by atoms with Gasteiger partial charge in [-0.25, -0.2) is 0 Å². The van der Waals surface area contributed by atoms with Crippen LogP contribution in [0, 0.1) is 0 Å². The number of para-hydroxylation sites is 2. The van der Waals surface area contributed by atoms with E-state index in [1.165, 1.54) is 19.1 Å². The van der Waals surface area contributed by atoms with Crippen LogP contribution in [-0.4, -0.2) is 44.5 Å². The Hall–Kier alpha value is -2.54. The predicted octanol–water partition coefficient (Wildman–Crippen LogP) is 3.18. The van der Waals surface area contributed by atoms with Crippen LogP contribution in [0.25, 0.3) is 0 Å². The summed E-state index contributed by atoms with van der Waals surface area (Å²) in [6.45, 7) is -0.0967. The maximum Gasteiger partial charge on any atom is 0.257 e. The van der Waals surface area contributed by atoms with Gasteiger partial charge >= 0.3 is 0 Å². The van der Waals surface area contributed by atoms with Crippen molar-refractivity contribution in [3.63, 3.8) is 0 Å². The molecule has 0 radical (unpaired) electrons. The molecule has 0 bridgehead atoms. The zero-order chi connectivity index (χ0) is 18.4. The molecule has 0 heterocycles. The second-order valence-electron chi connectivity index (χ2n) is 5.23. The average molecular weight is 407 g/mol. The van der Waals surface area contributed by atoms with E-state index in [-0.39, 0.29) is 18.4 Å². The number of amides is 2. The van der Waals surface area contributed by atoms with Gasteiger partial charge in [0, 0.05) is 11.5 Å². The second kappa shape index (κ2) is 8.53. The molecule has 0 aliphatic carbocycles. The molecule has 2 rings (SSSR count). The average Bonchev–Trinajstić information content (AvgIpc) is 2.62. The number of hydrogen-bond donors (Lipinski definition) is 1. The highest BCUT2D eigenvalue weighted by molar-refractivity contribution is 9.10. The number of ether oxygens (including phenoxy) is 2. The number of hydrogen-bond acceptors (Lipinski definition) is 4. The van der Waals surface area contributed by atoms with E-state index in [1.807, 2.05) is 18.2 Å². The number of rotatable bonds is 6. The minimum Gasteiger partial charge on any atom is -0.493 e. The Balaban J connectivity index is 2.10. The van der Waals surface area contributed by atoms with Crippen LogP contribution in [0.2, 0.25) is 0 Å². The summed E-state index contributed by atoms with van der Waals surface area (Å²) in [5.74, 6) is 0.162. The molecule has 0 fully saturated rings. The Morgan fingerprint density at radius 3 is 2.44 bits per heavy atom. The Morgan fingerprint density at radius 2 is 1.80 bits per heavy atom. The van der Waals surface area contributed by atoms with E-state index in [1.54, 1.807) is 31.3 Å². The number of anilines is 1. The molecule has 6 nitrogen and oxygen atoms in total. The molecule has 0 atom stereocenters. The summed E-state index contributed by atoms with van der Waals surface area (Å²) in [6, 6.07) is 12.3. The van der Waals surface area contributed by atoms with Crippen molar-refractivity contribution in [1.82, 2.24) is 4.90 Å². The van der Waals surface area contributed by atoms with Gasteiger partial charge in [-0.15, -0.1) is 0 Å². The van der Waals surface area contributed by atoms with Crippen molar-refractivity contribution in [1.29, 1.82) is 0 Å². The highest BCUT2D eigenvalue weighted by Crippen LogP contribution is 2.31. The molecule has 25 heavy (non-hydrogen) atoms. The minimum absolute atomic E-state index is 0.0967. The van der Waals surface area contributed by atoms with Gasteiger partial charge in [0.05, 0.1) is 32.0 Å². The van der Waals surface area contributed by atoms with Crippen LogP contribution in [0.5, 0.6) is 11.5 Å². The summed E-state index contributed by atoms with van der Waals surface area (Å²) < 4.78 is 11.2. The molecule has 0 spiro atoms. The first-order valence-electron chi connectivity index (χ1n) is 7.48. The van der Waals surface area contributed by atoms with Gasteiger partial charge in [0.25, 0.3) is 5.91 Å². The van der Waals surface area contributed by atoms with Crippen molar-refractivity contribution in [2.75, 3.05) is 33.1 Å². The third-order valence-electron chi connectivity index (χ3n) is 3.51. The number of methoxy groups -OCH3 is 2. The van der Waals surface area contributed by atoms with Crippen molar-refractivity contribution in [3.8, 4) is 11.5 Å². The molecule has 0 unspecified atom stereocenters. The molecule has 132 valence electrons. The Morgan fingerprint density at radius 1 is 1.08 bits per heavy atom. The standard InChI is InChI=1S/C18H19BrN2O4/c1-21(11-16(22)20-14-9-5-4-8-13(14)19)18(23)12-7-6-10-15(24-2)17(12)25-3/h4-10H,11H2,1-3H3,(H,20,22). The summed E-state index contributed by atoms with van der Waals surface area (Å²) in [6.07, 6.45) is 0. The summed E-state index contributed by atoms with van der Waals surface area (Å²) >= 11 is 3.37. The Labute approximate surface area is 154 Å². The van der Waals surface area contributed by atoms with Gasteiger partial charge in [-0.3, -0.25) is 9.59 Å². The van der Waals surface area contributed by atoms with Crippen LogP contribution < -0.4 is 14.8 Å². The van der Waals surface area contributed by atoms with E-state index in [4.69, 9.17) is 9.47 Å². The van der Waals surface area contributed by atoms with E-state index in [0.717, 1.165) is 4.47 Å². The molecule has 0 aliphatic rings. The summed E-state index contributed by atoms with van der Waals surface area (Å²) in [4.78, 5) is 26.2. The number of carbonyl (C=O) groups is 2. The molecule has 1 N–H and O–H groups in total. The lowest BCUT2D eigenvalue weighted by atomic mass is 10.1. The van der Waals surface area contributed by atoms with Gasteiger partial charge in [-0.05, 0) is 40.2 Å². The normalized spacial score (nSPS) is 10.1. The molecular weight excluding hydrogens is 388 g/mol. The lowest BCUT2D eigenvalue weighted by molar-refractivity contribution is -0.116. The fraction of sp³-hybridized carbons (Fsp3) is 0.222. The van der Waals surface area contributed by atoms with E-state index in [0.29, 0.717) is 22.7 Å². The van der Waals surface area contributed by atoms with Crippen LogP contribution in [0.15, 0.2) is 46.9 Å². The van der Waals surface area contributed by atoms with Crippen molar-refractivity contribution in [3.05, 3.63) is 52.5 Å². The topological polar surface area (TPSA) is 67.9 Å². The van der Waals surface area contributed by atoms with E-state index < -0.39 is 0 Å². The number of benzene rings is 2. The van der Waals surface area contributed by atoms with Crippen LogP contribution in [-0.2, 0) is 4.79 Å². The Bertz CT molecular complexity index is 779. The number of halogens is 1. The molecule has 2 amide bonds. The zero-order valence-electron chi connectivity index (χ0n) is 14.2. The number of nitrogens with one attached hydrogen (secondary N) is 1. The van der Waals surface area contributed by atoms with Crippen molar-refractivity contribution >= 4 is 33.4 Å². The molecule has 7 heteroatoms. The fourth-order valence-electron chi connectivity index (χ4n) is 2.30. The van der Waals surface area contributed by atoms with Gasteiger partial charge in [0.2, 0.25) is 5.91 Å². The molecule has 0 aromatic heterocycles. The van der Waals surface area contributed by atoms with E-state index >= 15 is 0 Å². The molecule has 0 saturated carbocycles. The van der Waals surface area contributed by atoms with Crippen molar-refractivity contribution in [2.45, 2.75) is 0 Å².